The van der Waals surface area contributed by atoms with E-state index in [0.717, 1.165) is 18.2 Å². The summed E-state index contributed by atoms with van der Waals surface area (Å²) in [5, 5.41) is 3.79. The van der Waals surface area contributed by atoms with Gasteiger partial charge in [0.25, 0.3) is 0 Å². The third-order valence-electron chi connectivity index (χ3n) is 2.23. The summed E-state index contributed by atoms with van der Waals surface area (Å²) in [4.78, 5) is 11.8. The molecular formula is C11H8F2N2O. The zero-order valence-electron chi connectivity index (χ0n) is 8.45. The fourth-order valence-corrected chi connectivity index (χ4v) is 1.41. The van der Waals surface area contributed by atoms with Gasteiger partial charge in [-0.05, 0) is 24.3 Å². The number of benzene rings is 1. The second-order valence-electron chi connectivity index (χ2n) is 3.29. The summed E-state index contributed by atoms with van der Waals surface area (Å²) in [5.41, 5.74) is -0.0758. The standard InChI is InChI=1S/C11H8F2N2O/c1-15-10(4-5-14-15)11(16)8-6-7(12)2-3-9(8)13/h2-6H,1H3. The summed E-state index contributed by atoms with van der Waals surface area (Å²) in [7, 11) is 1.56. The SMILES string of the molecule is Cn1nccc1C(=O)c1cc(F)ccc1F. The molecule has 0 N–H and O–H groups in total. The monoisotopic (exact) mass is 222 g/mol. The molecule has 0 spiro atoms. The lowest BCUT2D eigenvalue weighted by molar-refractivity contribution is 0.102. The van der Waals surface area contributed by atoms with E-state index in [0.29, 0.717) is 0 Å². The van der Waals surface area contributed by atoms with Crippen molar-refractivity contribution in [3.63, 3.8) is 0 Å². The first-order valence-corrected chi connectivity index (χ1v) is 4.57. The van der Waals surface area contributed by atoms with E-state index in [-0.39, 0.29) is 11.3 Å². The second kappa shape index (κ2) is 3.84. The van der Waals surface area contributed by atoms with Crippen LogP contribution in [0.3, 0.4) is 0 Å². The molecule has 2 rings (SSSR count). The molecule has 0 aliphatic carbocycles. The van der Waals surface area contributed by atoms with Crippen LogP contribution >= 0.6 is 0 Å². The number of nitrogens with zero attached hydrogens (tertiary/aromatic N) is 2. The average Bonchev–Trinajstić information content (AvgIpc) is 2.67. The van der Waals surface area contributed by atoms with Crippen LogP contribution in [0.25, 0.3) is 0 Å². The van der Waals surface area contributed by atoms with Crippen LogP contribution in [0.1, 0.15) is 16.1 Å². The summed E-state index contributed by atoms with van der Waals surface area (Å²) in [5.74, 6) is -1.98. The Kier molecular flexibility index (Phi) is 2.52. The molecule has 0 unspecified atom stereocenters. The van der Waals surface area contributed by atoms with Crippen molar-refractivity contribution in [1.82, 2.24) is 9.78 Å². The van der Waals surface area contributed by atoms with Crippen LogP contribution in [0.4, 0.5) is 8.78 Å². The van der Waals surface area contributed by atoms with Gasteiger partial charge < -0.3 is 0 Å². The Balaban J connectivity index is 2.49. The molecule has 0 aliphatic heterocycles. The Morgan fingerprint density at radius 3 is 2.69 bits per heavy atom. The van der Waals surface area contributed by atoms with Gasteiger partial charge in [0.05, 0.1) is 5.56 Å². The maximum Gasteiger partial charge on any atom is 0.214 e. The van der Waals surface area contributed by atoms with Crippen molar-refractivity contribution in [2.24, 2.45) is 7.05 Å². The van der Waals surface area contributed by atoms with Crippen molar-refractivity contribution >= 4 is 5.78 Å². The molecule has 0 bridgehead atoms. The minimum Gasteiger partial charge on any atom is -0.287 e. The zero-order valence-corrected chi connectivity index (χ0v) is 8.45. The van der Waals surface area contributed by atoms with Crippen molar-refractivity contribution < 1.29 is 13.6 Å². The van der Waals surface area contributed by atoms with Gasteiger partial charge in [-0.25, -0.2) is 8.78 Å². The zero-order chi connectivity index (χ0) is 11.7. The number of carbonyl (C=O) groups excluding carboxylic acids is 1. The molecule has 0 fully saturated rings. The predicted molar refractivity (Wildman–Crippen MR) is 53.0 cm³/mol. The van der Waals surface area contributed by atoms with Gasteiger partial charge in [0.1, 0.15) is 17.3 Å². The Morgan fingerprint density at radius 2 is 2.06 bits per heavy atom. The molecule has 1 heterocycles. The Hall–Kier alpha value is -2.04. The normalized spacial score (nSPS) is 10.4. The largest absolute Gasteiger partial charge is 0.287 e. The number of ketones is 1. The molecule has 0 atom stereocenters. The molecule has 0 saturated heterocycles. The highest BCUT2D eigenvalue weighted by Crippen LogP contribution is 2.14. The Bertz CT molecular complexity index is 549. The maximum atomic E-state index is 13.3. The summed E-state index contributed by atoms with van der Waals surface area (Å²) in [6.07, 6.45) is 1.42. The molecule has 82 valence electrons. The van der Waals surface area contributed by atoms with Crippen LogP contribution < -0.4 is 0 Å². The number of hydrogen-bond donors (Lipinski definition) is 0. The highest BCUT2D eigenvalue weighted by Gasteiger charge is 2.17. The molecule has 5 heteroatoms. The molecular weight excluding hydrogens is 214 g/mol. The lowest BCUT2D eigenvalue weighted by Gasteiger charge is -2.02. The van der Waals surface area contributed by atoms with Crippen LogP contribution in [0.5, 0.6) is 0 Å². The van der Waals surface area contributed by atoms with Gasteiger partial charge in [-0.15, -0.1) is 0 Å². The number of carbonyl (C=O) groups is 1. The molecule has 0 saturated carbocycles. The highest BCUT2D eigenvalue weighted by molar-refractivity contribution is 6.08. The van der Waals surface area contributed by atoms with Gasteiger partial charge in [-0.2, -0.15) is 5.10 Å². The average molecular weight is 222 g/mol. The maximum absolute atomic E-state index is 13.3. The Labute approximate surface area is 90.3 Å². The first kappa shape index (κ1) is 10.5. The number of halogens is 2. The van der Waals surface area contributed by atoms with Crippen molar-refractivity contribution in [3.8, 4) is 0 Å². The quantitative estimate of drug-likeness (QED) is 0.728. The Morgan fingerprint density at radius 1 is 1.31 bits per heavy atom. The van der Waals surface area contributed by atoms with Gasteiger partial charge in [0, 0.05) is 13.2 Å². The van der Waals surface area contributed by atoms with Gasteiger partial charge >= 0.3 is 0 Å². The van der Waals surface area contributed by atoms with Crippen LogP contribution in [0.2, 0.25) is 0 Å². The van der Waals surface area contributed by atoms with E-state index < -0.39 is 17.4 Å². The van der Waals surface area contributed by atoms with Crippen LogP contribution in [-0.2, 0) is 7.05 Å². The molecule has 16 heavy (non-hydrogen) atoms. The molecule has 1 aromatic carbocycles. The molecule has 1 aromatic heterocycles. The minimum atomic E-state index is -0.743. The summed E-state index contributed by atoms with van der Waals surface area (Å²) in [6, 6.07) is 4.23. The number of aromatic nitrogens is 2. The fraction of sp³-hybridized carbons (Fsp3) is 0.0909. The van der Waals surface area contributed by atoms with Crippen molar-refractivity contribution in [2.75, 3.05) is 0 Å². The van der Waals surface area contributed by atoms with Crippen LogP contribution in [0.15, 0.2) is 30.5 Å². The van der Waals surface area contributed by atoms with E-state index in [1.807, 2.05) is 0 Å². The molecule has 0 aliphatic rings. The van der Waals surface area contributed by atoms with E-state index >= 15 is 0 Å². The lowest BCUT2D eigenvalue weighted by atomic mass is 10.1. The van der Waals surface area contributed by atoms with Gasteiger partial charge in [-0.3, -0.25) is 9.48 Å². The van der Waals surface area contributed by atoms with Crippen LogP contribution in [0, 0.1) is 11.6 Å². The number of hydrogen-bond acceptors (Lipinski definition) is 2. The summed E-state index contributed by atoms with van der Waals surface area (Å²) in [6.45, 7) is 0. The van der Waals surface area contributed by atoms with Gasteiger partial charge in [0.15, 0.2) is 0 Å². The number of aryl methyl sites for hydroxylation is 1. The summed E-state index contributed by atoms with van der Waals surface area (Å²) >= 11 is 0. The van der Waals surface area contributed by atoms with E-state index in [1.54, 1.807) is 7.05 Å². The minimum absolute atomic E-state index is 0.213. The highest BCUT2D eigenvalue weighted by atomic mass is 19.1. The van der Waals surface area contributed by atoms with Crippen molar-refractivity contribution in [2.45, 2.75) is 0 Å². The van der Waals surface area contributed by atoms with Gasteiger partial charge in [-0.1, -0.05) is 0 Å². The third-order valence-corrected chi connectivity index (χ3v) is 2.23. The van der Waals surface area contributed by atoms with Crippen molar-refractivity contribution in [3.05, 3.63) is 53.4 Å². The molecule has 0 amide bonds. The molecule has 2 aromatic rings. The van der Waals surface area contributed by atoms with E-state index in [1.165, 1.54) is 16.9 Å². The van der Waals surface area contributed by atoms with E-state index in [4.69, 9.17) is 0 Å². The van der Waals surface area contributed by atoms with Crippen molar-refractivity contribution in [1.29, 1.82) is 0 Å². The van der Waals surface area contributed by atoms with Gasteiger partial charge in [0.2, 0.25) is 5.78 Å². The first-order valence-electron chi connectivity index (χ1n) is 4.57. The van der Waals surface area contributed by atoms with E-state index in [2.05, 4.69) is 5.10 Å². The topological polar surface area (TPSA) is 34.9 Å². The number of rotatable bonds is 2. The first-order chi connectivity index (χ1) is 7.59. The smallest absolute Gasteiger partial charge is 0.214 e. The van der Waals surface area contributed by atoms with E-state index in [9.17, 15) is 13.6 Å². The second-order valence-corrected chi connectivity index (χ2v) is 3.29. The molecule has 0 radical (unpaired) electrons. The lowest BCUT2D eigenvalue weighted by Crippen LogP contribution is -2.10. The van der Waals surface area contributed by atoms with Crippen LogP contribution in [-0.4, -0.2) is 15.6 Å². The fourth-order valence-electron chi connectivity index (χ4n) is 1.41. The predicted octanol–water partition coefficient (Wildman–Crippen LogP) is 1.93. The molecule has 3 nitrogen and oxygen atoms in total. The third kappa shape index (κ3) is 1.71. The summed E-state index contributed by atoms with van der Waals surface area (Å²) < 4.78 is 27.5.